The van der Waals surface area contributed by atoms with Gasteiger partial charge in [0.25, 0.3) is 0 Å². The number of carbonyl (C=O) groups is 4. The average molecular weight is 497 g/mol. The lowest BCUT2D eigenvalue weighted by Gasteiger charge is -2.44. The van der Waals surface area contributed by atoms with E-state index in [0.29, 0.717) is 5.69 Å². The largest absolute Gasteiger partial charge is 0.463 e. The minimum Gasteiger partial charge on any atom is -0.463 e. The average Bonchev–Trinajstić information content (AvgIpc) is 2.70. The summed E-state index contributed by atoms with van der Waals surface area (Å²) in [6.07, 6.45) is -5.98. The van der Waals surface area contributed by atoms with Crippen molar-refractivity contribution in [1.29, 1.82) is 0 Å². The highest BCUT2D eigenvalue weighted by Crippen LogP contribution is 2.28. The summed E-state index contributed by atoms with van der Waals surface area (Å²) in [4.78, 5) is 46.9. The monoisotopic (exact) mass is 496 g/mol. The van der Waals surface area contributed by atoms with Gasteiger partial charge in [0.15, 0.2) is 29.7 Å². The molecule has 186 valence electrons. The molecule has 0 saturated carbocycles. The first-order valence-corrected chi connectivity index (χ1v) is 10.8. The number of hydrogen-bond donors (Lipinski definition) is 2. The minimum atomic E-state index is -1.28. The van der Waals surface area contributed by atoms with Crippen molar-refractivity contribution in [2.75, 3.05) is 11.9 Å². The highest BCUT2D eigenvalue weighted by atomic mass is 32.1. The number of benzene rings is 1. The number of thiocarbonyl (C=S) groups is 1. The van der Waals surface area contributed by atoms with Gasteiger partial charge < -0.3 is 34.3 Å². The third-order valence-electron chi connectivity index (χ3n) is 4.54. The topological polar surface area (TPSA) is 138 Å². The number of hydrogen-bond acceptors (Lipinski definition) is 10. The Morgan fingerprint density at radius 2 is 1.50 bits per heavy atom. The van der Waals surface area contributed by atoms with Crippen molar-refractivity contribution in [3.8, 4) is 0 Å². The molecule has 0 radical (unpaired) electrons. The molecule has 0 amide bonds. The fraction of sp³-hybridized carbons (Fsp3) is 0.500. The smallest absolute Gasteiger partial charge is 0.303 e. The van der Waals surface area contributed by atoms with E-state index in [0.717, 1.165) is 26.3 Å². The molecule has 1 aliphatic heterocycles. The zero-order chi connectivity index (χ0) is 25.4. The fourth-order valence-corrected chi connectivity index (χ4v) is 3.60. The van der Waals surface area contributed by atoms with E-state index >= 15 is 0 Å². The van der Waals surface area contributed by atoms with Gasteiger partial charge in [0.2, 0.25) is 0 Å². The fourth-order valence-electron chi connectivity index (χ4n) is 3.36. The molecule has 1 aliphatic rings. The number of rotatable bonds is 7. The lowest BCUT2D eigenvalue weighted by molar-refractivity contribution is -0.254. The standard InChI is InChI=1S/C22H28N2O9S/c1-11-7-6-8-16(9-11)23-22(34)24-21-20(32-15(5)28)19(31-14(4)27)18(30-13(3)26)17(33-21)10-29-12(2)25/h6-9,17-21H,10H2,1-5H3,(H2,23,24,34)/t17-,18+,19+,20+,21-/m0/s1. The quantitative estimate of drug-likeness (QED) is 0.320. The minimum absolute atomic E-state index is 0.117. The third kappa shape index (κ3) is 8.27. The van der Waals surface area contributed by atoms with Crippen LogP contribution in [0.2, 0.25) is 0 Å². The molecule has 5 atom stereocenters. The van der Waals surface area contributed by atoms with Crippen LogP contribution in [0.3, 0.4) is 0 Å². The van der Waals surface area contributed by atoms with Crippen molar-refractivity contribution < 1.29 is 42.9 Å². The third-order valence-corrected chi connectivity index (χ3v) is 4.76. The molecule has 1 aromatic carbocycles. The second-order valence-corrected chi connectivity index (χ2v) is 8.00. The second kappa shape index (κ2) is 12.3. The summed E-state index contributed by atoms with van der Waals surface area (Å²) in [7, 11) is 0. The van der Waals surface area contributed by atoms with Gasteiger partial charge in [-0.1, -0.05) is 12.1 Å². The van der Waals surface area contributed by atoms with E-state index in [2.05, 4.69) is 10.6 Å². The van der Waals surface area contributed by atoms with Crippen LogP contribution in [0.1, 0.15) is 33.3 Å². The Bertz CT molecular complexity index is 939. The van der Waals surface area contributed by atoms with Crippen LogP contribution < -0.4 is 10.6 Å². The Morgan fingerprint density at radius 1 is 0.912 bits per heavy atom. The Kier molecular flexibility index (Phi) is 9.75. The van der Waals surface area contributed by atoms with E-state index in [1.807, 2.05) is 25.1 Å². The van der Waals surface area contributed by atoms with Crippen molar-refractivity contribution in [3.05, 3.63) is 29.8 Å². The number of aryl methyl sites for hydroxylation is 1. The Balaban J connectivity index is 2.36. The molecule has 34 heavy (non-hydrogen) atoms. The molecular weight excluding hydrogens is 468 g/mol. The lowest BCUT2D eigenvalue weighted by atomic mass is 9.97. The van der Waals surface area contributed by atoms with Crippen LogP contribution in [0, 0.1) is 6.92 Å². The van der Waals surface area contributed by atoms with Crippen molar-refractivity contribution >= 4 is 46.9 Å². The summed E-state index contributed by atoms with van der Waals surface area (Å²) in [5.74, 6) is -2.72. The zero-order valence-electron chi connectivity index (χ0n) is 19.5. The predicted molar refractivity (Wildman–Crippen MR) is 122 cm³/mol. The molecule has 1 fully saturated rings. The first-order chi connectivity index (χ1) is 16.0. The van der Waals surface area contributed by atoms with E-state index in [1.165, 1.54) is 6.92 Å². The molecule has 1 aromatic rings. The van der Waals surface area contributed by atoms with E-state index in [-0.39, 0.29) is 11.7 Å². The molecule has 12 heteroatoms. The predicted octanol–water partition coefficient (Wildman–Crippen LogP) is 1.36. The molecular formula is C22H28N2O9S. The zero-order valence-corrected chi connectivity index (χ0v) is 20.3. The maximum atomic E-state index is 11.9. The van der Waals surface area contributed by atoms with Gasteiger partial charge in [-0.15, -0.1) is 0 Å². The first kappa shape index (κ1) is 27.0. The maximum Gasteiger partial charge on any atom is 0.303 e. The molecule has 1 saturated heterocycles. The Hall–Kier alpha value is -3.25. The van der Waals surface area contributed by atoms with Gasteiger partial charge >= 0.3 is 23.9 Å². The van der Waals surface area contributed by atoms with E-state index in [1.54, 1.807) is 6.07 Å². The van der Waals surface area contributed by atoms with Crippen LogP contribution in [0.15, 0.2) is 24.3 Å². The summed E-state index contributed by atoms with van der Waals surface area (Å²) >= 11 is 5.38. The number of ether oxygens (including phenoxy) is 5. The number of carbonyl (C=O) groups excluding carboxylic acids is 4. The number of anilines is 1. The number of nitrogens with one attached hydrogen (secondary N) is 2. The molecule has 0 bridgehead atoms. The maximum absolute atomic E-state index is 11.9. The molecule has 0 spiro atoms. The van der Waals surface area contributed by atoms with Gasteiger partial charge in [0, 0.05) is 33.4 Å². The molecule has 0 unspecified atom stereocenters. The van der Waals surface area contributed by atoms with Crippen LogP contribution in [-0.2, 0) is 42.9 Å². The van der Waals surface area contributed by atoms with Crippen molar-refractivity contribution in [2.45, 2.75) is 65.3 Å². The molecule has 0 aliphatic carbocycles. The van der Waals surface area contributed by atoms with Gasteiger partial charge in [-0.2, -0.15) is 0 Å². The van der Waals surface area contributed by atoms with Crippen molar-refractivity contribution in [2.24, 2.45) is 0 Å². The van der Waals surface area contributed by atoms with Crippen LogP contribution in [0.4, 0.5) is 5.69 Å². The second-order valence-electron chi connectivity index (χ2n) is 7.59. The molecule has 2 N–H and O–H groups in total. The molecule has 0 aromatic heterocycles. The normalized spacial score (nSPS) is 23.7. The van der Waals surface area contributed by atoms with Gasteiger partial charge in [0.05, 0.1) is 0 Å². The van der Waals surface area contributed by atoms with Crippen molar-refractivity contribution in [3.63, 3.8) is 0 Å². The highest BCUT2D eigenvalue weighted by Gasteiger charge is 2.52. The van der Waals surface area contributed by atoms with Crippen molar-refractivity contribution in [1.82, 2.24) is 5.32 Å². The molecule has 11 nitrogen and oxygen atoms in total. The van der Waals surface area contributed by atoms with E-state index < -0.39 is 54.5 Å². The Morgan fingerprint density at radius 3 is 2.06 bits per heavy atom. The van der Waals surface area contributed by atoms with Gasteiger partial charge in [-0.25, -0.2) is 0 Å². The first-order valence-electron chi connectivity index (χ1n) is 10.4. The van der Waals surface area contributed by atoms with Crippen LogP contribution in [0.25, 0.3) is 0 Å². The lowest BCUT2D eigenvalue weighted by Crippen LogP contribution is -2.66. The molecule has 2 rings (SSSR count). The van der Waals surface area contributed by atoms with Crippen LogP contribution in [0.5, 0.6) is 0 Å². The summed E-state index contributed by atoms with van der Waals surface area (Å²) in [6, 6.07) is 7.42. The van der Waals surface area contributed by atoms with Gasteiger partial charge in [-0.3, -0.25) is 19.2 Å². The van der Waals surface area contributed by atoms with E-state index in [4.69, 9.17) is 35.9 Å². The number of esters is 4. The van der Waals surface area contributed by atoms with E-state index in [9.17, 15) is 19.2 Å². The highest BCUT2D eigenvalue weighted by molar-refractivity contribution is 7.80. The summed E-state index contributed by atoms with van der Waals surface area (Å²) in [5, 5.41) is 5.99. The van der Waals surface area contributed by atoms with Gasteiger partial charge in [0.1, 0.15) is 12.7 Å². The summed E-state index contributed by atoms with van der Waals surface area (Å²) < 4.78 is 27.1. The van der Waals surface area contributed by atoms with Crippen LogP contribution in [-0.4, -0.2) is 66.2 Å². The van der Waals surface area contributed by atoms with Gasteiger partial charge in [-0.05, 0) is 36.8 Å². The van der Waals surface area contributed by atoms with Crippen LogP contribution >= 0.6 is 12.2 Å². The summed E-state index contributed by atoms with van der Waals surface area (Å²) in [6.45, 7) is 6.26. The summed E-state index contributed by atoms with van der Waals surface area (Å²) in [5.41, 5.74) is 1.70. The Labute approximate surface area is 202 Å². The SMILES string of the molecule is CC(=O)OC[C@@H]1O[C@H](NC(=S)Nc2cccc(C)c2)[C@H](OC(C)=O)[C@H](OC(C)=O)[C@@H]1OC(C)=O. The molecule has 1 heterocycles.